The number of hydrogen-bond acceptors (Lipinski definition) is 10. The zero-order chi connectivity index (χ0) is 34.4. The monoisotopic (exact) mass is 667 g/mol. The van der Waals surface area contributed by atoms with Crippen molar-refractivity contribution >= 4 is 28.7 Å². The molecule has 8 rings (SSSR count). The van der Waals surface area contributed by atoms with Crippen LogP contribution >= 0.6 is 0 Å². The minimum absolute atomic E-state index is 0.0696. The van der Waals surface area contributed by atoms with Gasteiger partial charge in [-0.2, -0.15) is 0 Å². The highest BCUT2D eigenvalue weighted by molar-refractivity contribution is 6.24. The van der Waals surface area contributed by atoms with E-state index < -0.39 is 46.6 Å². The Bertz CT molecular complexity index is 1900. The number of ketones is 3. The van der Waals surface area contributed by atoms with Crippen molar-refractivity contribution in [2.24, 2.45) is 28.2 Å². The van der Waals surface area contributed by atoms with E-state index in [2.05, 4.69) is 20.3 Å². The van der Waals surface area contributed by atoms with Crippen molar-refractivity contribution in [3.63, 3.8) is 0 Å². The zero-order valence-electron chi connectivity index (χ0n) is 28.6. The number of hydrogen-bond donors (Lipinski definition) is 1. The van der Waals surface area contributed by atoms with Crippen LogP contribution in [-0.4, -0.2) is 76.9 Å². The van der Waals surface area contributed by atoms with Crippen molar-refractivity contribution in [1.82, 2.24) is 20.3 Å². The van der Waals surface area contributed by atoms with Gasteiger partial charge >= 0.3 is 0 Å². The summed E-state index contributed by atoms with van der Waals surface area (Å²) in [5.74, 6) is -3.23. The Labute approximate surface area is 285 Å². The number of rotatable bonds is 8. The number of ether oxygens (including phenoxy) is 1. The van der Waals surface area contributed by atoms with Gasteiger partial charge in [0.25, 0.3) is 0 Å². The first-order chi connectivity index (χ1) is 23.5. The summed E-state index contributed by atoms with van der Waals surface area (Å²) >= 11 is 0. The number of Topliss-reactive ketones (excluding diaryl/α,β-unsaturated/α-hetero) is 3. The number of aliphatic imine (C=N–C) groups is 1. The molecule has 2 saturated heterocycles. The summed E-state index contributed by atoms with van der Waals surface area (Å²) in [7, 11) is 2.02. The maximum Gasteiger partial charge on any atom is 0.182 e. The molecule has 256 valence electrons. The molecule has 3 aromatic rings. The number of nitrogens with zero attached hydrogens (tertiary/aromatic N) is 4. The van der Waals surface area contributed by atoms with Crippen LogP contribution in [0.15, 0.2) is 45.9 Å². The summed E-state index contributed by atoms with van der Waals surface area (Å²) in [6.45, 7) is 9.89. The largest absolute Gasteiger partial charge is 0.486 e. The van der Waals surface area contributed by atoms with Crippen LogP contribution in [0.4, 0.5) is 10.1 Å². The van der Waals surface area contributed by atoms with E-state index in [0.29, 0.717) is 30.0 Å². The molecule has 0 bridgehead atoms. The molecular weight excluding hydrogens is 625 g/mol. The maximum atomic E-state index is 16.3. The molecule has 0 radical (unpaired) electrons. The van der Waals surface area contributed by atoms with Crippen molar-refractivity contribution < 1.29 is 28.0 Å². The van der Waals surface area contributed by atoms with E-state index in [1.807, 2.05) is 51.2 Å². The van der Waals surface area contributed by atoms with E-state index in [1.54, 1.807) is 13.8 Å². The second kappa shape index (κ2) is 11.8. The molecular formula is C38H42FN5O5. The summed E-state index contributed by atoms with van der Waals surface area (Å²) in [6, 6.07) is 10.6. The lowest BCUT2D eigenvalue weighted by Gasteiger charge is -2.53. The van der Waals surface area contributed by atoms with E-state index >= 15 is 4.39 Å². The SMILES string of the molecule is CCN(C1CN1)C1c2onc(C)c2C(=O)C2(C)C(=O)C3C(=O)c4c(c(F)cc(N=C(C)C5CCN5C)c4OCc4ccccc4)CC3CC12. The van der Waals surface area contributed by atoms with Gasteiger partial charge in [-0.15, -0.1) is 0 Å². The topological polar surface area (TPSA) is 127 Å². The highest BCUT2D eigenvalue weighted by Crippen LogP contribution is 2.59. The third-order valence-corrected chi connectivity index (χ3v) is 11.9. The Kier molecular flexibility index (Phi) is 7.73. The molecule has 7 atom stereocenters. The van der Waals surface area contributed by atoms with Gasteiger partial charge in [-0.3, -0.25) is 34.5 Å². The van der Waals surface area contributed by atoms with Crippen LogP contribution < -0.4 is 10.1 Å². The number of carbonyl (C=O) groups excluding carboxylic acids is 3. The number of aryl methyl sites for hydroxylation is 1. The van der Waals surface area contributed by atoms with E-state index in [-0.39, 0.29) is 53.6 Å². The summed E-state index contributed by atoms with van der Waals surface area (Å²) < 4.78 is 28.5. The molecule has 3 heterocycles. The summed E-state index contributed by atoms with van der Waals surface area (Å²) in [6.07, 6.45) is 1.56. The predicted molar refractivity (Wildman–Crippen MR) is 180 cm³/mol. The fraction of sp³-hybridized carbons (Fsp3) is 0.500. The highest BCUT2D eigenvalue weighted by atomic mass is 19.1. The average molecular weight is 668 g/mol. The van der Waals surface area contributed by atoms with Gasteiger partial charge in [0.15, 0.2) is 28.9 Å². The van der Waals surface area contributed by atoms with Gasteiger partial charge in [0, 0.05) is 42.4 Å². The lowest BCUT2D eigenvalue weighted by atomic mass is 9.49. The summed E-state index contributed by atoms with van der Waals surface area (Å²) in [5.41, 5.74) is 1.51. The molecule has 3 fully saturated rings. The molecule has 49 heavy (non-hydrogen) atoms. The molecule has 11 heteroatoms. The first-order valence-corrected chi connectivity index (χ1v) is 17.4. The quantitative estimate of drug-likeness (QED) is 0.195. The van der Waals surface area contributed by atoms with Crippen LogP contribution in [-0.2, 0) is 17.8 Å². The Morgan fingerprint density at radius 3 is 2.63 bits per heavy atom. The standard InChI is InChI=1S/C38H42FN5O5/c1-6-44(28-17-40-28)32-24-15-22-14-23-25(39)16-26(41-19(2)27-12-13-43(27)5)34(48-18-21-10-8-7-9-11-21)31(23)33(45)30(22)37(47)38(24,4)36(46)29-20(3)42-49-35(29)32/h7-11,16,22,24,27-28,30,32,40H,6,12-15,17-18H2,1-5H3. The number of halogens is 1. The van der Waals surface area contributed by atoms with Crippen LogP contribution in [0.3, 0.4) is 0 Å². The Morgan fingerprint density at radius 2 is 1.98 bits per heavy atom. The molecule has 5 aliphatic rings. The number of nitrogens with one attached hydrogen (secondary N) is 1. The molecule has 1 saturated carbocycles. The first-order valence-electron chi connectivity index (χ1n) is 17.4. The van der Waals surface area contributed by atoms with Gasteiger partial charge in [0.2, 0.25) is 0 Å². The number of benzene rings is 2. The van der Waals surface area contributed by atoms with Crippen LogP contribution in [0.2, 0.25) is 0 Å². The van der Waals surface area contributed by atoms with Gasteiger partial charge in [0.1, 0.15) is 18.1 Å². The Balaban J connectivity index is 1.24. The molecule has 0 spiro atoms. The molecule has 1 aromatic heterocycles. The molecule has 3 aliphatic carbocycles. The minimum atomic E-state index is -1.49. The van der Waals surface area contributed by atoms with Gasteiger partial charge in [-0.05, 0) is 65.1 Å². The summed E-state index contributed by atoms with van der Waals surface area (Å²) in [4.78, 5) is 53.5. The van der Waals surface area contributed by atoms with Crippen molar-refractivity contribution in [3.8, 4) is 5.75 Å². The molecule has 2 aliphatic heterocycles. The van der Waals surface area contributed by atoms with Crippen LogP contribution in [0.1, 0.15) is 83.0 Å². The number of likely N-dealkylation sites (tertiary alicyclic amines) is 1. The van der Waals surface area contributed by atoms with Gasteiger partial charge in [-0.25, -0.2) is 4.39 Å². The number of aromatic nitrogens is 1. The van der Waals surface area contributed by atoms with Gasteiger partial charge in [0.05, 0.1) is 40.4 Å². The van der Waals surface area contributed by atoms with Crippen molar-refractivity contribution in [1.29, 1.82) is 0 Å². The second-order valence-corrected chi connectivity index (χ2v) is 14.6. The molecule has 0 amide bonds. The third-order valence-electron chi connectivity index (χ3n) is 11.9. The summed E-state index contributed by atoms with van der Waals surface area (Å²) in [5, 5.41) is 7.54. The zero-order valence-corrected chi connectivity index (χ0v) is 28.6. The van der Waals surface area contributed by atoms with Crippen LogP contribution in [0.25, 0.3) is 0 Å². The highest BCUT2D eigenvalue weighted by Gasteiger charge is 2.66. The van der Waals surface area contributed by atoms with E-state index in [0.717, 1.165) is 30.8 Å². The van der Waals surface area contributed by atoms with Crippen molar-refractivity contribution in [3.05, 3.63) is 75.9 Å². The molecule has 10 nitrogen and oxygen atoms in total. The van der Waals surface area contributed by atoms with Crippen LogP contribution in [0.5, 0.6) is 5.75 Å². The lowest BCUT2D eigenvalue weighted by molar-refractivity contribution is -0.141. The van der Waals surface area contributed by atoms with E-state index in [4.69, 9.17) is 14.3 Å². The normalized spacial score (nSPS) is 30.8. The van der Waals surface area contributed by atoms with E-state index in [1.165, 1.54) is 6.07 Å². The lowest BCUT2D eigenvalue weighted by Crippen LogP contribution is -2.61. The molecule has 1 N–H and O–H groups in total. The fourth-order valence-electron chi connectivity index (χ4n) is 9.07. The van der Waals surface area contributed by atoms with E-state index in [9.17, 15) is 14.4 Å². The second-order valence-electron chi connectivity index (χ2n) is 14.6. The Morgan fingerprint density at radius 1 is 1.22 bits per heavy atom. The Hall–Kier alpha value is -4.06. The average Bonchev–Trinajstić information content (AvgIpc) is 3.84. The van der Waals surface area contributed by atoms with Crippen molar-refractivity contribution in [2.45, 2.75) is 71.8 Å². The third kappa shape index (κ3) is 4.87. The molecule has 7 unspecified atom stereocenters. The molecule has 2 aromatic carbocycles. The van der Waals surface area contributed by atoms with Gasteiger partial charge in [-0.1, -0.05) is 42.4 Å². The van der Waals surface area contributed by atoms with Gasteiger partial charge < -0.3 is 9.26 Å². The van der Waals surface area contributed by atoms with Crippen molar-refractivity contribution in [2.75, 3.05) is 26.7 Å². The van der Waals surface area contributed by atoms with Crippen LogP contribution in [0, 0.1) is 35.9 Å². The maximum absolute atomic E-state index is 16.3. The fourth-order valence-corrected chi connectivity index (χ4v) is 9.07. The predicted octanol–water partition coefficient (Wildman–Crippen LogP) is 5.25. The number of fused-ring (bicyclic) bond motifs is 4. The smallest absolute Gasteiger partial charge is 0.182 e. The minimum Gasteiger partial charge on any atom is -0.486 e. The number of carbonyl (C=O) groups is 3. The number of likely N-dealkylation sites (N-methyl/N-ethyl adjacent to an activating group) is 1. The first kappa shape index (κ1) is 32.2.